The molecule has 4 heteroatoms. The van der Waals surface area contributed by atoms with Crippen LogP contribution in [0.15, 0.2) is 60.8 Å². The maximum atomic E-state index is 12.3. The van der Waals surface area contributed by atoms with Gasteiger partial charge in [-0.1, -0.05) is 203 Å². The molecule has 51 heavy (non-hydrogen) atoms. The summed E-state index contributed by atoms with van der Waals surface area (Å²) in [6.07, 6.45) is 59.2. The fourth-order valence-electron chi connectivity index (χ4n) is 6.38. The second kappa shape index (κ2) is 42.5. The molecule has 0 aliphatic carbocycles. The summed E-state index contributed by atoms with van der Waals surface area (Å²) in [5, 5.41) is 22.9. The highest BCUT2D eigenvalue weighted by atomic mass is 16.3. The Morgan fingerprint density at radius 2 is 0.882 bits per heavy atom. The zero-order valence-corrected chi connectivity index (χ0v) is 33.9. The number of carbonyl (C=O) groups excluding carboxylic acids is 1. The number of nitrogens with one attached hydrogen (secondary N) is 1. The molecule has 0 spiro atoms. The van der Waals surface area contributed by atoms with E-state index < -0.39 is 12.1 Å². The molecule has 0 aromatic carbocycles. The van der Waals surface area contributed by atoms with Gasteiger partial charge in [0.15, 0.2) is 0 Å². The lowest BCUT2D eigenvalue weighted by Crippen LogP contribution is -2.45. The number of aliphatic hydroxyl groups excluding tert-OH is 2. The van der Waals surface area contributed by atoms with Crippen molar-refractivity contribution in [3.63, 3.8) is 0 Å². The summed E-state index contributed by atoms with van der Waals surface area (Å²) >= 11 is 0. The number of hydrogen-bond donors (Lipinski definition) is 3. The molecular formula is C47H85NO3. The Hall–Kier alpha value is -1.91. The normalized spacial score (nSPS) is 13.6. The molecule has 1 amide bonds. The fourth-order valence-corrected chi connectivity index (χ4v) is 6.38. The van der Waals surface area contributed by atoms with Crippen LogP contribution in [0.5, 0.6) is 0 Å². The van der Waals surface area contributed by atoms with Crippen molar-refractivity contribution in [1.82, 2.24) is 5.32 Å². The SMILES string of the molecule is CC/C=C\C/C=C\C/C=C\CCCCCC(=O)NC(CO)C(O)/C=C/CC/C=C/CCCCCCCCCCCCCCCCCCCCCC. The molecule has 296 valence electrons. The van der Waals surface area contributed by atoms with E-state index in [1.165, 1.54) is 128 Å². The van der Waals surface area contributed by atoms with Gasteiger partial charge in [0, 0.05) is 6.42 Å². The number of unbranched alkanes of at least 4 members (excludes halogenated alkanes) is 24. The van der Waals surface area contributed by atoms with E-state index in [1.807, 2.05) is 6.08 Å². The van der Waals surface area contributed by atoms with Crippen molar-refractivity contribution in [2.45, 2.75) is 225 Å². The van der Waals surface area contributed by atoms with Crippen molar-refractivity contribution in [3.05, 3.63) is 60.8 Å². The molecular weight excluding hydrogens is 627 g/mol. The first kappa shape index (κ1) is 49.1. The van der Waals surface area contributed by atoms with E-state index in [1.54, 1.807) is 6.08 Å². The molecule has 2 unspecified atom stereocenters. The van der Waals surface area contributed by atoms with Gasteiger partial charge in [0.1, 0.15) is 0 Å². The van der Waals surface area contributed by atoms with Crippen LogP contribution in [-0.4, -0.2) is 34.9 Å². The first-order valence-corrected chi connectivity index (χ1v) is 22.0. The molecule has 0 aliphatic heterocycles. The van der Waals surface area contributed by atoms with E-state index in [2.05, 4.69) is 67.8 Å². The Kier molecular flexibility index (Phi) is 40.9. The van der Waals surface area contributed by atoms with Gasteiger partial charge in [0.25, 0.3) is 0 Å². The van der Waals surface area contributed by atoms with Gasteiger partial charge in [-0.3, -0.25) is 4.79 Å². The monoisotopic (exact) mass is 712 g/mol. The summed E-state index contributed by atoms with van der Waals surface area (Å²) in [7, 11) is 0. The van der Waals surface area contributed by atoms with Gasteiger partial charge in [-0.2, -0.15) is 0 Å². The lowest BCUT2D eigenvalue weighted by Gasteiger charge is -2.19. The molecule has 0 bridgehead atoms. The zero-order chi connectivity index (χ0) is 37.1. The number of aliphatic hydroxyl groups is 2. The van der Waals surface area contributed by atoms with Crippen LogP contribution in [-0.2, 0) is 4.79 Å². The molecule has 0 saturated carbocycles. The number of amides is 1. The molecule has 0 aromatic rings. The lowest BCUT2D eigenvalue weighted by molar-refractivity contribution is -0.123. The third kappa shape index (κ3) is 39.1. The van der Waals surface area contributed by atoms with Crippen LogP contribution in [0.25, 0.3) is 0 Å². The Morgan fingerprint density at radius 3 is 1.37 bits per heavy atom. The molecule has 4 nitrogen and oxygen atoms in total. The molecule has 3 N–H and O–H groups in total. The van der Waals surface area contributed by atoms with Crippen LogP contribution >= 0.6 is 0 Å². The molecule has 0 fully saturated rings. The molecule has 0 rings (SSSR count). The Bertz CT molecular complexity index is 858. The predicted molar refractivity (Wildman–Crippen MR) is 225 cm³/mol. The van der Waals surface area contributed by atoms with Gasteiger partial charge in [-0.15, -0.1) is 0 Å². The fraction of sp³-hybridized carbons (Fsp3) is 0.766. The first-order chi connectivity index (χ1) is 25.2. The molecule has 2 atom stereocenters. The first-order valence-electron chi connectivity index (χ1n) is 22.0. The van der Waals surface area contributed by atoms with Gasteiger partial charge >= 0.3 is 0 Å². The predicted octanol–water partition coefficient (Wildman–Crippen LogP) is 13.7. The van der Waals surface area contributed by atoms with Crippen molar-refractivity contribution < 1.29 is 15.0 Å². The van der Waals surface area contributed by atoms with Crippen LogP contribution < -0.4 is 5.32 Å². The van der Waals surface area contributed by atoms with Crippen LogP contribution in [0.1, 0.15) is 213 Å². The number of hydrogen-bond acceptors (Lipinski definition) is 3. The van der Waals surface area contributed by atoms with Crippen molar-refractivity contribution in [1.29, 1.82) is 0 Å². The minimum Gasteiger partial charge on any atom is -0.394 e. The Labute approximate surface area is 317 Å². The topological polar surface area (TPSA) is 69.6 Å². The largest absolute Gasteiger partial charge is 0.394 e. The minimum atomic E-state index is -0.876. The van der Waals surface area contributed by atoms with Crippen molar-refractivity contribution in [3.8, 4) is 0 Å². The van der Waals surface area contributed by atoms with Gasteiger partial charge in [-0.25, -0.2) is 0 Å². The zero-order valence-electron chi connectivity index (χ0n) is 33.9. The highest BCUT2D eigenvalue weighted by Crippen LogP contribution is 2.15. The average molecular weight is 712 g/mol. The van der Waals surface area contributed by atoms with Crippen molar-refractivity contribution in [2.24, 2.45) is 0 Å². The highest BCUT2D eigenvalue weighted by Gasteiger charge is 2.17. The maximum Gasteiger partial charge on any atom is 0.220 e. The lowest BCUT2D eigenvalue weighted by atomic mass is 10.0. The molecule has 0 aromatic heterocycles. The molecule has 0 heterocycles. The molecule has 0 radical (unpaired) electrons. The van der Waals surface area contributed by atoms with Gasteiger partial charge < -0.3 is 15.5 Å². The number of carbonyl (C=O) groups is 1. The Balaban J connectivity index is 3.60. The highest BCUT2D eigenvalue weighted by molar-refractivity contribution is 5.76. The summed E-state index contributed by atoms with van der Waals surface area (Å²) in [6, 6.07) is -0.656. The van der Waals surface area contributed by atoms with E-state index in [4.69, 9.17) is 0 Å². The summed E-state index contributed by atoms with van der Waals surface area (Å²) < 4.78 is 0. The van der Waals surface area contributed by atoms with E-state index in [0.717, 1.165) is 64.2 Å². The van der Waals surface area contributed by atoms with Crippen LogP contribution in [0.4, 0.5) is 0 Å². The molecule has 0 aliphatic rings. The summed E-state index contributed by atoms with van der Waals surface area (Å²) in [5.74, 6) is -0.104. The van der Waals surface area contributed by atoms with E-state index >= 15 is 0 Å². The maximum absolute atomic E-state index is 12.3. The molecule has 0 saturated heterocycles. The third-order valence-corrected chi connectivity index (χ3v) is 9.73. The second-order valence-electron chi connectivity index (χ2n) is 14.7. The summed E-state index contributed by atoms with van der Waals surface area (Å²) in [4.78, 5) is 12.3. The third-order valence-electron chi connectivity index (χ3n) is 9.73. The van der Waals surface area contributed by atoms with E-state index in [0.29, 0.717) is 6.42 Å². The standard InChI is InChI=1S/C47H85NO3/c1-3-5-7-9-11-13-15-17-18-19-20-21-22-23-24-25-26-27-28-29-31-32-34-36-38-40-42-46(50)45(44-49)48-47(51)43-41-39-37-35-33-30-16-14-12-10-8-6-4-2/h6,8,12,14,30,32-34,40,42,45-46,49-50H,3-5,7,9-11,13,15-29,31,35-39,41,43-44H2,1-2H3,(H,48,51)/b8-6-,14-12-,33-30-,34-32+,42-40+. The van der Waals surface area contributed by atoms with Gasteiger partial charge in [-0.05, 0) is 64.2 Å². The second-order valence-corrected chi connectivity index (χ2v) is 14.7. The van der Waals surface area contributed by atoms with E-state index in [9.17, 15) is 15.0 Å². The number of rotatable bonds is 39. The van der Waals surface area contributed by atoms with Crippen LogP contribution in [0.3, 0.4) is 0 Å². The minimum absolute atomic E-state index is 0.104. The van der Waals surface area contributed by atoms with Crippen LogP contribution in [0, 0.1) is 0 Å². The quantitative estimate of drug-likeness (QED) is 0.0439. The average Bonchev–Trinajstić information content (AvgIpc) is 3.13. The summed E-state index contributed by atoms with van der Waals surface area (Å²) in [5.41, 5.74) is 0. The van der Waals surface area contributed by atoms with Crippen molar-refractivity contribution in [2.75, 3.05) is 6.61 Å². The smallest absolute Gasteiger partial charge is 0.220 e. The Morgan fingerprint density at radius 1 is 0.490 bits per heavy atom. The van der Waals surface area contributed by atoms with Gasteiger partial charge in [0.2, 0.25) is 5.91 Å². The number of allylic oxidation sites excluding steroid dienone is 9. The van der Waals surface area contributed by atoms with E-state index in [-0.39, 0.29) is 12.5 Å². The van der Waals surface area contributed by atoms with Gasteiger partial charge in [0.05, 0.1) is 18.8 Å². The van der Waals surface area contributed by atoms with Crippen molar-refractivity contribution >= 4 is 5.91 Å². The van der Waals surface area contributed by atoms with Crippen LogP contribution in [0.2, 0.25) is 0 Å². The summed E-state index contributed by atoms with van der Waals surface area (Å²) in [6.45, 7) is 4.17.